The van der Waals surface area contributed by atoms with Gasteiger partial charge in [-0.3, -0.25) is 9.69 Å². The molecule has 3 rings (SSSR count). The summed E-state index contributed by atoms with van der Waals surface area (Å²) in [5, 5.41) is 11.9. The van der Waals surface area contributed by atoms with E-state index in [1.54, 1.807) is 42.5 Å². The van der Waals surface area contributed by atoms with Crippen LogP contribution in [-0.4, -0.2) is 33.6 Å². The number of thiocarbonyl (C=S) groups is 1. The van der Waals surface area contributed by atoms with E-state index in [-0.39, 0.29) is 23.3 Å². The van der Waals surface area contributed by atoms with E-state index < -0.39 is 12.6 Å². The summed E-state index contributed by atoms with van der Waals surface area (Å²) in [6.45, 7) is -0.239. The Balaban J connectivity index is 1.81. The lowest BCUT2D eigenvalue weighted by atomic mass is 10.1. The average molecular weight is 358 g/mol. The second-order valence-corrected chi connectivity index (χ2v) is 5.57. The summed E-state index contributed by atoms with van der Waals surface area (Å²) in [4.78, 5) is 24.6. The van der Waals surface area contributed by atoms with Crippen molar-refractivity contribution in [3.05, 3.63) is 59.7 Å². The number of hydrogen-bond acceptors (Lipinski definition) is 5. The minimum Gasteiger partial charge on any atom is -0.481 e. The Morgan fingerprint density at radius 1 is 1.32 bits per heavy atom. The van der Waals surface area contributed by atoms with Gasteiger partial charge in [0.05, 0.1) is 12.8 Å². The number of furan rings is 1. The van der Waals surface area contributed by atoms with Crippen LogP contribution in [0.2, 0.25) is 0 Å². The van der Waals surface area contributed by atoms with E-state index in [2.05, 4.69) is 5.32 Å². The number of rotatable bonds is 6. The Kier molecular flexibility index (Phi) is 4.80. The van der Waals surface area contributed by atoms with Crippen LogP contribution < -0.4 is 10.1 Å². The summed E-state index contributed by atoms with van der Waals surface area (Å²) >= 11 is 5.20. The second kappa shape index (κ2) is 7.18. The molecular formula is C17H14N2O5S. The van der Waals surface area contributed by atoms with Gasteiger partial charge in [0.1, 0.15) is 17.2 Å². The summed E-state index contributed by atoms with van der Waals surface area (Å²) in [6.07, 6.45) is 3.10. The van der Waals surface area contributed by atoms with E-state index in [1.165, 1.54) is 11.2 Å². The van der Waals surface area contributed by atoms with E-state index in [9.17, 15) is 9.59 Å². The molecule has 2 aromatic rings. The lowest BCUT2D eigenvalue weighted by Crippen LogP contribution is -2.29. The Bertz CT molecular complexity index is 844. The lowest BCUT2D eigenvalue weighted by Gasteiger charge is -2.11. The number of carboxylic acid groups (broad SMARTS) is 1. The highest BCUT2D eigenvalue weighted by Crippen LogP contribution is 2.23. The number of nitrogens with zero attached hydrogens (tertiary/aromatic N) is 1. The largest absolute Gasteiger partial charge is 0.481 e. The average Bonchev–Trinajstić information content (AvgIpc) is 3.18. The number of para-hydroxylation sites is 1. The highest BCUT2D eigenvalue weighted by atomic mass is 32.1. The minimum absolute atomic E-state index is 0.228. The molecule has 25 heavy (non-hydrogen) atoms. The molecule has 2 N–H and O–H groups in total. The number of ether oxygens (including phenoxy) is 1. The molecule has 1 aromatic heterocycles. The van der Waals surface area contributed by atoms with Crippen LogP contribution >= 0.6 is 12.2 Å². The van der Waals surface area contributed by atoms with Gasteiger partial charge in [0, 0.05) is 5.56 Å². The van der Waals surface area contributed by atoms with Crippen molar-refractivity contribution in [1.29, 1.82) is 0 Å². The number of benzene rings is 1. The van der Waals surface area contributed by atoms with Gasteiger partial charge in [-0.2, -0.15) is 0 Å². The predicted octanol–water partition coefficient (Wildman–Crippen LogP) is 2.00. The zero-order valence-electron chi connectivity index (χ0n) is 13.0. The molecule has 1 fully saturated rings. The third-order valence-electron chi connectivity index (χ3n) is 3.43. The van der Waals surface area contributed by atoms with Crippen LogP contribution in [0.25, 0.3) is 6.08 Å². The van der Waals surface area contributed by atoms with Crippen LogP contribution in [0.3, 0.4) is 0 Å². The number of carbonyl (C=O) groups excluding carboxylic acids is 1. The summed E-state index contributed by atoms with van der Waals surface area (Å²) in [5.74, 6) is -0.399. The van der Waals surface area contributed by atoms with Gasteiger partial charge < -0.3 is 19.6 Å². The summed E-state index contributed by atoms with van der Waals surface area (Å²) < 4.78 is 10.5. The number of nitrogens with one attached hydrogen (secondary N) is 1. The van der Waals surface area contributed by atoms with E-state index in [0.29, 0.717) is 17.1 Å². The van der Waals surface area contributed by atoms with Gasteiger partial charge in [-0.05, 0) is 36.5 Å². The molecule has 1 aliphatic rings. The molecule has 2 heterocycles. The first-order chi connectivity index (χ1) is 12.0. The molecule has 0 spiro atoms. The van der Waals surface area contributed by atoms with E-state index in [0.717, 1.165) is 0 Å². The van der Waals surface area contributed by atoms with Crippen molar-refractivity contribution in [1.82, 2.24) is 10.2 Å². The van der Waals surface area contributed by atoms with Gasteiger partial charge in [-0.1, -0.05) is 18.2 Å². The topological polar surface area (TPSA) is 92.0 Å². The van der Waals surface area contributed by atoms with Gasteiger partial charge in [0.25, 0.3) is 5.91 Å². The number of carbonyl (C=O) groups is 2. The van der Waals surface area contributed by atoms with E-state index in [4.69, 9.17) is 26.5 Å². The van der Waals surface area contributed by atoms with Crippen LogP contribution in [0.15, 0.2) is 52.8 Å². The van der Waals surface area contributed by atoms with Gasteiger partial charge in [-0.25, -0.2) is 4.79 Å². The van der Waals surface area contributed by atoms with E-state index in [1.807, 2.05) is 0 Å². The third kappa shape index (κ3) is 3.86. The Morgan fingerprint density at radius 3 is 2.84 bits per heavy atom. The van der Waals surface area contributed by atoms with Crippen LogP contribution in [0, 0.1) is 0 Å². The summed E-state index contributed by atoms with van der Waals surface area (Å²) in [6, 6.07) is 10.3. The number of hydrogen-bond donors (Lipinski definition) is 2. The molecular weight excluding hydrogens is 344 g/mol. The normalized spacial score (nSPS) is 15.5. The monoisotopic (exact) mass is 358 g/mol. The fourth-order valence-electron chi connectivity index (χ4n) is 2.30. The first-order valence-electron chi connectivity index (χ1n) is 7.35. The maximum Gasteiger partial charge on any atom is 0.341 e. The van der Waals surface area contributed by atoms with Crippen molar-refractivity contribution in [3.63, 3.8) is 0 Å². The molecule has 8 heteroatoms. The minimum atomic E-state index is -1.08. The Labute approximate surface area is 148 Å². The molecule has 0 bridgehead atoms. The van der Waals surface area contributed by atoms with Crippen LogP contribution in [-0.2, 0) is 16.1 Å². The molecule has 0 unspecified atom stereocenters. The first kappa shape index (κ1) is 16.7. The van der Waals surface area contributed by atoms with Crippen LogP contribution in [0.4, 0.5) is 0 Å². The summed E-state index contributed by atoms with van der Waals surface area (Å²) in [7, 11) is 0. The Hall–Kier alpha value is -3.13. The van der Waals surface area contributed by atoms with Gasteiger partial charge in [0.15, 0.2) is 11.7 Å². The van der Waals surface area contributed by atoms with Crippen molar-refractivity contribution >= 4 is 35.3 Å². The molecule has 0 saturated carbocycles. The second-order valence-electron chi connectivity index (χ2n) is 5.18. The number of aliphatic carboxylic acids is 1. The van der Waals surface area contributed by atoms with Crippen LogP contribution in [0.1, 0.15) is 11.3 Å². The smallest absolute Gasteiger partial charge is 0.341 e. The fraction of sp³-hybridized carbons (Fsp3) is 0.118. The quantitative estimate of drug-likeness (QED) is 0.603. The fourth-order valence-corrected chi connectivity index (χ4v) is 2.56. The molecule has 0 aliphatic carbocycles. The molecule has 0 atom stereocenters. The molecule has 1 aromatic carbocycles. The zero-order valence-corrected chi connectivity index (χ0v) is 13.8. The van der Waals surface area contributed by atoms with Crippen molar-refractivity contribution in [2.75, 3.05) is 6.61 Å². The molecule has 1 saturated heterocycles. The molecule has 1 amide bonds. The lowest BCUT2D eigenvalue weighted by molar-refractivity contribution is -0.139. The van der Waals surface area contributed by atoms with Gasteiger partial charge in [0.2, 0.25) is 0 Å². The van der Waals surface area contributed by atoms with E-state index >= 15 is 0 Å². The highest BCUT2D eigenvalue weighted by molar-refractivity contribution is 7.80. The highest BCUT2D eigenvalue weighted by Gasteiger charge is 2.31. The van der Waals surface area contributed by atoms with Crippen LogP contribution in [0.5, 0.6) is 5.75 Å². The van der Waals surface area contributed by atoms with Crippen molar-refractivity contribution < 1.29 is 23.8 Å². The number of amides is 1. The van der Waals surface area contributed by atoms with Gasteiger partial charge in [-0.15, -0.1) is 0 Å². The molecule has 1 aliphatic heterocycles. The predicted molar refractivity (Wildman–Crippen MR) is 92.5 cm³/mol. The zero-order chi connectivity index (χ0) is 17.8. The maximum absolute atomic E-state index is 12.6. The maximum atomic E-state index is 12.6. The standard InChI is InChI=1S/C17H14N2O5S/c20-15(21)10-24-14-6-2-1-4-11(14)8-13-16(22)19(17(25)18-13)9-12-5-3-7-23-12/h1-8H,9-10H2,(H,18,25)(H,20,21). The van der Waals surface area contributed by atoms with Crippen molar-refractivity contribution in [2.24, 2.45) is 0 Å². The molecule has 128 valence electrons. The third-order valence-corrected chi connectivity index (χ3v) is 3.75. The molecule has 0 radical (unpaired) electrons. The molecule has 7 nitrogen and oxygen atoms in total. The number of carboxylic acids is 1. The summed E-state index contributed by atoms with van der Waals surface area (Å²) in [5.41, 5.74) is 0.852. The Morgan fingerprint density at radius 2 is 2.12 bits per heavy atom. The van der Waals surface area contributed by atoms with Gasteiger partial charge >= 0.3 is 5.97 Å². The van der Waals surface area contributed by atoms with Crippen molar-refractivity contribution in [2.45, 2.75) is 6.54 Å². The van der Waals surface area contributed by atoms with Crippen molar-refractivity contribution in [3.8, 4) is 5.75 Å². The SMILES string of the molecule is O=C(O)COc1ccccc1C=C1NC(=S)N(Cc2ccco2)C1=O. The first-order valence-corrected chi connectivity index (χ1v) is 7.76.